The second kappa shape index (κ2) is 3.87. The maximum absolute atomic E-state index is 11.1. The molecule has 3 unspecified atom stereocenters. The number of carbonyl (C=O) groups excluding carboxylic acids is 1. The van der Waals surface area contributed by atoms with Gasteiger partial charge < -0.3 is 15.2 Å². The van der Waals surface area contributed by atoms with E-state index in [0.717, 1.165) is 0 Å². The average Bonchev–Trinajstić information content (AvgIpc) is 2.01. The van der Waals surface area contributed by atoms with Crippen LogP contribution in [0.4, 0.5) is 0 Å². The van der Waals surface area contributed by atoms with Gasteiger partial charge in [0.05, 0.1) is 13.2 Å². The van der Waals surface area contributed by atoms with E-state index in [0.29, 0.717) is 12.8 Å². The smallest absolute Gasteiger partial charge is 0.322 e. The van der Waals surface area contributed by atoms with Crippen molar-refractivity contribution in [2.24, 2.45) is 0 Å². The van der Waals surface area contributed by atoms with Crippen molar-refractivity contribution in [2.75, 3.05) is 7.11 Å². The third-order valence-electron chi connectivity index (χ3n) is 2.10. The number of methoxy groups -OCH3 is 1. The van der Waals surface area contributed by atoms with Gasteiger partial charge in [0, 0.05) is 6.04 Å². The van der Waals surface area contributed by atoms with Crippen molar-refractivity contribution in [1.29, 1.82) is 0 Å². The number of hydrogen-bond donors (Lipinski definition) is 2. The fraction of sp³-hybridized carbons (Fsp3) is 0.875. The molecule has 1 rings (SSSR count). The maximum atomic E-state index is 11.1. The number of piperidine rings is 1. The molecule has 3 atom stereocenters. The highest BCUT2D eigenvalue weighted by atomic mass is 16.5. The number of aliphatic hydroxyl groups excluding tert-OH is 1. The van der Waals surface area contributed by atoms with Gasteiger partial charge in [-0.05, 0) is 19.8 Å². The van der Waals surface area contributed by atoms with Gasteiger partial charge in [0.2, 0.25) is 0 Å². The molecule has 12 heavy (non-hydrogen) atoms. The Morgan fingerprint density at radius 1 is 1.58 bits per heavy atom. The fourth-order valence-corrected chi connectivity index (χ4v) is 1.56. The Morgan fingerprint density at radius 3 is 2.75 bits per heavy atom. The van der Waals surface area contributed by atoms with Crippen LogP contribution in [-0.2, 0) is 9.53 Å². The first-order valence-electron chi connectivity index (χ1n) is 4.15. The first-order chi connectivity index (χ1) is 5.63. The predicted molar refractivity (Wildman–Crippen MR) is 43.6 cm³/mol. The Balaban J connectivity index is 2.49. The first kappa shape index (κ1) is 9.48. The van der Waals surface area contributed by atoms with Crippen LogP contribution in [0.25, 0.3) is 0 Å². The Kier molecular flexibility index (Phi) is 3.05. The third-order valence-corrected chi connectivity index (χ3v) is 2.10. The summed E-state index contributed by atoms with van der Waals surface area (Å²) in [5, 5.41) is 12.4. The summed E-state index contributed by atoms with van der Waals surface area (Å²) in [6.45, 7) is 1.94. The Labute approximate surface area is 71.9 Å². The van der Waals surface area contributed by atoms with E-state index < -0.39 is 0 Å². The molecule has 0 aromatic rings. The minimum Gasteiger partial charge on any atom is -0.468 e. The average molecular weight is 173 g/mol. The minimum atomic E-state index is -0.384. The first-order valence-corrected chi connectivity index (χ1v) is 4.15. The van der Waals surface area contributed by atoms with E-state index in [1.54, 1.807) is 0 Å². The van der Waals surface area contributed by atoms with Crippen LogP contribution in [0.1, 0.15) is 19.8 Å². The quantitative estimate of drug-likeness (QED) is 0.533. The van der Waals surface area contributed by atoms with Crippen molar-refractivity contribution in [2.45, 2.75) is 38.0 Å². The van der Waals surface area contributed by atoms with Crippen molar-refractivity contribution < 1.29 is 14.6 Å². The van der Waals surface area contributed by atoms with Crippen LogP contribution in [0.15, 0.2) is 0 Å². The standard InChI is InChI=1S/C8H15NO3/c1-5-3-6(10)4-7(9-5)8(11)12-2/h5-7,9-10H,3-4H2,1-2H3. The lowest BCUT2D eigenvalue weighted by Gasteiger charge is -2.30. The molecule has 1 aliphatic rings. The Morgan fingerprint density at radius 2 is 2.25 bits per heavy atom. The zero-order valence-corrected chi connectivity index (χ0v) is 7.41. The van der Waals surface area contributed by atoms with Crippen LogP contribution < -0.4 is 5.32 Å². The van der Waals surface area contributed by atoms with E-state index in [-0.39, 0.29) is 24.2 Å². The molecule has 1 fully saturated rings. The van der Waals surface area contributed by atoms with Crippen LogP contribution >= 0.6 is 0 Å². The highest BCUT2D eigenvalue weighted by Gasteiger charge is 2.29. The van der Waals surface area contributed by atoms with Crippen molar-refractivity contribution in [3.63, 3.8) is 0 Å². The lowest BCUT2D eigenvalue weighted by Crippen LogP contribution is -2.50. The number of carbonyl (C=O) groups is 1. The molecule has 0 aromatic carbocycles. The van der Waals surface area contributed by atoms with Gasteiger partial charge in [0.15, 0.2) is 0 Å². The lowest BCUT2D eigenvalue weighted by atomic mass is 9.97. The van der Waals surface area contributed by atoms with Gasteiger partial charge in [-0.3, -0.25) is 4.79 Å². The largest absolute Gasteiger partial charge is 0.468 e. The molecule has 4 heteroatoms. The molecule has 0 bridgehead atoms. The highest BCUT2D eigenvalue weighted by Crippen LogP contribution is 2.13. The van der Waals surface area contributed by atoms with E-state index in [1.807, 2.05) is 6.92 Å². The van der Waals surface area contributed by atoms with Gasteiger partial charge in [-0.2, -0.15) is 0 Å². The molecular weight excluding hydrogens is 158 g/mol. The summed E-state index contributed by atoms with van der Waals surface area (Å²) >= 11 is 0. The van der Waals surface area contributed by atoms with Gasteiger partial charge in [-0.15, -0.1) is 0 Å². The topological polar surface area (TPSA) is 58.6 Å². The number of hydrogen-bond acceptors (Lipinski definition) is 4. The summed E-state index contributed by atoms with van der Waals surface area (Å²) in [5.41, 5.74) is 0. The van der Waals surface area contributed by atoms with Crippen molar-refractivity contribution in [3.8, 4) is 0 Å². The van der Waals surface area contributed by atoms with Gasteiger partial charge in [-0.25, -0.2) is 0 Å². The summed E-state index contributed by atoms with van der Waals surface area (Å²) in [6, 6.07) is -0.161. The van der Waals surface area contributed by atoms with Crippen molar-refractivity contribution in [1.82, 2.24) is 5.32 Å². The predicted octanol–water partition coefficient (Wildman–Crippen LogP) is -0.339. The van der Waals surface area contributed by atoms with E-state index in [2.05, 4.69) is 10.1 Å². The molecule has 4 nitrogen and oxygen atoms in total. The third kappa shape index (κ3) is 2.19. The minimum absolute atomic E-state index is 0.179. The van der Waals surface area contributed by atoms with Crippen molar-refractivity contribution in [3.05, 3.63) is 0 Å². The summed E-state index contributed by atoms with van der Waals surface area (Å²) in [7, 11) is 1.36. The summed E-state index contributed by atoms with van der Waals surface area (Å²) < 4.78 is 4.57. The summed E-state index contributed by atoms with van der Waals surface area (Å²) in [5.74, 6) is -0.291. The zero-order chi connectivity index (χ0) is 9.14. The molecular formula is C8H15NO3. The van der Waals surface area contributed by atoms with Gasteiger partial charge >= 0.3 is 5.97 Å². The number of rotatable bonds is 1. The molecule has 1 aliphatic heterocycles. The SMILES string of the molecule is COC(=O)C1CC(O)CC(C)N1. The molecule has 1 heterocycles. The highest BCUT2D eigenvalue weighted by molar-refractivity contribution is 5.75. The second-order valence-electron chi connectivity index (χ2n) is 3.27. The molecule has 0 spiro atoms. The zero-order valence-electron chi connectivity index (χ0n) is 7.41. The molecule has 2 N–H and O–H groups in total. The molecule has 0 amide bonds. The molecule has 0 aliphatic carbocycles. The normalized spacial score (nSPS) is 36.1. The van der Waals surface area contributed by atoms with Crippen LogP contribution in [0.5, 0.6) is 0 Å². The van der Waals surface area contributed by atoms with Gasteiger partial charge in [0.1, 0.15) is 6.04 Å². The van der Waals surface area contributed by atoms with Crippen LogP contribution in [0, 0.1) is 0 Å². The number of nitrogens with one attached hydrogen (secondary N) is 1. The second-order valence-corrected chi connectivity index (χ2v) is 3.27. The monoisotopic (exact) mass is 173 g/mol. The van der Waals surface area contributed by atoms with Crippen LogP contribution in [-0.4, -0.2) is 36.4 Å². The molecule has 1 saturated heterocycles. The Bertz CT molecular complexity index is 162. The summed E-state index contributed by atoms with van der Waals surface area (Å²) in [4.78, 5) is 11.1. The fourth-order valence-electron chi connectivity index (χ4n) is 1.56. The Hall–Kier alpha value is -0.610. The summed E-state index contributed by atoms with van der Waals surface area (Å²) in [6.07, 6.45) is 0.773. The molecule has 0 saturated carbocycles. The van der Waals surface area contributed by atoms with E-state index in [4.69, 9.17) is 0 Å². The molecule has 70 valence electrons. The molecule has 0 radical (unpaired) electrons. The van der Waals surface area contributed by atoms with Gasteiger partial charge in [0.25, 0.3) is 0 Å². The van der Waals surface area contributed by atoms with E-state index in [9.17, 15) is 9.90 Å². The van der Waals surface area contributed by atoms with Crippen molar-refractivity contribution >= 4 is 5.97 Å². The van der Waals surface area contributed by atoms with E-state index >= 15 is 0 Å². The number of aliphatic hydroxyl groups is 1. The molecule has 0 aromatic heterocycles. The number of ether oxygens (including phenoxy) is 1. The lowest BCUT2D eigenvalue weighted by molar-refractivity contribution is -0.145. The van der Waals surface area contributed by atoms with E-state index in [1.165, 1.54) is 7.11 Å². The van der Waals surface area contributed by atoms with Crippen LogP contribution in [0.3, 0.4) is 0 Å². The van der Waals surface area contributed by atoms with Crippen LogP contribution in [0.2, 0.25) is 0 Å². The van der Waals surface area contributed by atoms with Gasteiger partial charge in [-0.1, -0.05) is 0 Å². The number of esters is 1. The maximum Gasteiger partial charge on any atom is 0.322 e.